The number of carbonyl (C=O) groups excluding carboxylic acids is 1. The molecule has 2 rings (SSSR count). The Morgan fingerprint density at radius 3 is 2.96 bits per heavy atom. The zero-order chi connectivity index (χ0) is 16.7. The summed E-state index contributed by atoms with van der Waals surface area (Å²) in [6.07, 6.45) is 4.14. The average molecular weight is 318 g/mol. The van der Waals surface area contributed by atoms with Crippen molar-refractivity contribution in [2.24, 2.45) is 0 Å². The first-order valence-electron chi connectivity index (χ1n) is 7.82. The lowest BCUT2D eigenvalue weighted by molar-refractivity contribution is -0.116. The van der Waals surface area contributed by atoms with Gasteiger partial charge < -0.3 is 10.6 Å². The third-order valence-electron chi connectivity index (χ3n) is 3.65. The summed E-state index contributed by atoms with van der Waals surface area (Å²) >= 11 is 0. The first-order valence-corrected chi connectivity index (χ1v) is 7.82. The normalized spacial score (nSPS) is 12.1. The Hall–Kier alpha value is -2.21. The van der Waals surface area contributed by atoms with Crippen molar-refractivity contribution in [3.05, 3.63) is 47.5 Å². The van der Waals surface area contributed by atoms with Gasteiger partial charge in [-0.25, -0.2) is 4.39 Å². The predicted octanol–water partition coefficient (Wildman–Crippen LogP) is 2.80. The second-order valence-electron chi connectivity index (χ2n) is 5.74. The van der Waals surface area contributed by atoms with Crippen LogP contribution in [0.2, 0.25) is 0 Å². The molecule has 1 unspecified atom stereocenters. The van der Waals surface area contributed by atoms with E-state index in [4.69, 9.17) is 0 Å². The predicted molar refractivity (Wildman–Crippen MR) is 88.8 cm³/mol. The fourth-order valence-corrected chi connectivity index (χ4v) is 2.38. The molecule has 23 heavy (non-hydrogen) atoms. The molecule has 0 aliphatic carbocycles. The van der Waals surface area contributed by atoms with E-state index in [0.717, 1.165) is 25.1 Å². The quantitative estimate of drug-likeness (QED) is 0.656. The lowest BCUT2D eigenvalue weighted by atomic mass is 10.1. The summed E-state index contributed by atoms with van der Waals surface area (Å²) < 4.78 is 13.1. The van der Waals surface area contributed by atoms with Crippen LogP contribution in [0.3, 0.4) is 0 Å². The van der Waals surface area contributed by atoms with E-state index >= 15 is 0 Å². The molecule has 1 amide bonds. The molecule has 124 valence electrons. The highest BCUT2D eigenvalue weighted by atomic mass is 19.1. The topological polar surface area (TPSA) is 69.8 Å². The average Bonchev–Trinajstić information content (AvgIpc) is 2.89. The van der Waals surface area contributed by atoms with Crippen LogP contribution in [0.4, 0.5) is 10.1 Å². The van der Waals surface area contributed by atoms with Gasteiger partial charge in [0.25, 0.3) is 0 Å². The fourth-order valence-electron chi connectivity index (χ4n) is 2.38. The maximum atomic E-state index is 13.1. The molecule has 0 fully saturated rings. The smallest absolute Gasteiger partial charge is 0.225 e. The SMILES string of the molecule is Cc1[nH]ncc1CCCNC(C)CC(=O)Nc1cccc(F)c1. The molecule has 1 heterocycles. The number of hydrogen-bond acceptors (Lipinski definition) is 3. The van der Waals surface area contributed by atoms with E-state index < -0.39 is 0 Å². The van der Waals surface area contributed by atoms with E-state index in [1.165, 1.54) is 17.7 Å². The zero-order valence-corrected chi connectivity index (χ0v) is 13.5. The van der Waals surface area contributed by atoms with Crippen molar-refractivity contribution in [2.45, 2.75) is 39.2 Å². The van der Waals surface area contributed by atoms with E-state index in [1.54, 1.807) is 12.1 Å². The molecule has 1 aromatic carbocycles. The Morgan fingerprint density at radius 2 is 2.26 bits per heavy atom. The van der Waals surface area contributed by atoms with Crippen LogP contribution in [0.15, 0.2) is 30.5 Å². The minimum atomic E-state index is -0.358. The molecule has 2 aromatic rings. The number of hydrogen-bond donors (Lipinski definition) is 3. The van der Waals surface area contributed by atoms with Gasteiger partial charge in [0.05, 0.1) is 6.20 Å². The summed E-state index contributed by atoms with van der Waals surface area (Å²) in [6.45, 7) is 4.81. The van der Waals surface area contributed by atoms with Gasteiger partial charge in [-0.15, -0.1) is 0 Å². The molecule has 3 N–H and O–H groups in total. The summed E-state index contributed by atoms with van der Waals surface area (Å²) in [7, 11) is 0. The van der Waals surface area contributed by atoms with Gasteiger partial charge >= 0.3 is 0 Å². The summed E-state index contributed by atoms with van der Waals surface area (Å²) in [5.41, 5.74) is 2.81. The fraction of sp³-hybridized carbons (Fsp3) is 0.412. The van der Waals surface area contributed by atoms with Crippen molar-refractivity contribution in [1.82, 2.24) is 15.5 Å². The molecule has 1 atom stereocenters. The molecule has 0 bridgehead atoms. The monoisotopic (exact) mass is 318 g/mol. The minimum Gasteiger partial charge on any atom is -0.326 e. The molecule has 0 saturated carbocycles. The van der Waals surface area contributed by atoms with Crippen LogP contribution < -0.4 is 10.6 Å². The molecule has 0 saturated heterocycles. The molecular formula is C17H23FN4O. The van der Waals surface area contributed by atoms with E-state index in [2.05, 4.69) is 20.8 Å². The van der Waals surface area contributed by atoms with Gasteiger partial charge in [-0.1, -0.05) is 6.07 Å². The van der Waals surface area contributed by atoms with Crippen LogP contribution in [-0.4, -0.2) is 28.7 Å². The van der Waals surface area contributed by atoms with Gasteiger partial charge in [-0.3, -0.25) is 9.89 Å². The van der Waals surface area contributed by atoms with E-state index in [1.807, 2.05) is 20.0 Å². The largest absolute Gasteiger partial charge is 0.326 e. The molecule has 5 nitrogen and oxygen atoms in total. The second-order valence-corrected chi connectivity index (χ2v) is 5.74. The highest BCUT2D eigenvalue weighted by molar-refractivity contribution is 5.91. The highest BCUT2D eigenvalue weighted by Crippen LogP contribution is 2.10. The highest BCUT2D eigenvalue weighted by Gasteiger charge is 2.09. The summed E-state index contributed by atoms with van der Waals surface area (Å²) in [6, 6.07) is 5.97. The van der Waals surface area contributed by atoms with Crippen LogP contribution in [-0.2, 0) is 11.2 Å². The molecule has 0 spiro atoms. The number of aromatic nitrogens is 2. The van der Waals surface area contributed by atoms with Gasteiger partial charge in [0.1, 0.15) is 5.82 Å². The van der Waals surface area contributed by atoms with E-state index in [9.17, 15) is 9.18 Å². The molecule has 0 aliphatic rings. The van der Waals surface area contributed by atoms with E-state index in [-0.39, 0.29) is 17.8 Å². The molecule has 0 radical (unpaired) electrons. The number of benzene rings is 1. The number of carbonyl (C=O) groups is 1. The van der Waals surface area contributed by atoms with Gasteiger partial charge in [-0.05, 0) is 57.0 Å². The molecule has 0 aliphatic heterocycles. The van der Waals surface area contributed by atoms with E-state index in [0.29, 0.717) is 12.1 Å². The van der Waals surface area contributed by atoms with Gasteiger partial charge in [0.15, 0.2) is 0 Å². The maximum Gasteiger partial charge on any atom is 0.225 e. The Labute approximate surface area is 135 Å². The van der Waals surface area contributed by atoms with Crippen molar-refractivity contribution in [3.8, 4) is 0 Å². The number of aryl methyl sites for hydroxylation is 2. The Kier molecular flexibility index (Phi) is 6.29. The number of nitrogens with one attached hydrogen (secondary N) is 3. The maximum absolute atomic E-state index is 13.1. The van der Waals surface area contributed by atoms with Crippen LogP contribution in [0, 0.1) is 12.7 Å². The lowest BCUT2D eigenvalue weighted by Crippen LogP contribution is -2.31. The number of halogens is 1. The van der Waals surface area contributed by atoms with Crippen LogP contribution >= 0.6 is 0 Å². The second kappa shape index (κ2) is 8.43. The number of aromatic amines is 1. The zero-order valence-electron chi connectivity index (χ0n) is 13.5. The number of rotatable bonds is 8. The van der Waals surface area contributed by atoms with Crippen LogP contribution in [0.1, 0.15) is 31.0 Å². The lowest BCUT2D eigenvalue weighted by Gasteiger charge is -2.13. The summed E-state index contributed by atoms with van der Waals surface area (Å²) in [5.74, 6) is -0.482. The standard InChI is InChI=1S/C17H23FN4O/c1-12(19-8-4-5-14-11-20-22-13(14)2)9-17(23)21-16-7-3-6-15(18)10-16/h3,6-7,10-12,19H,4-5,8-9H2,1-2H3,(H,20,22)(H,21,23). The Bertz CT molecular complexity index is 641. The van der Waals surface area contributed by atoms with Crippen LogP contribution in [0.5, 0.6) is 0 Å². The Balaban J connectivity index is 1.65. The molecule has 1 aromatic heterocycles. The first-order chi connectivity index (χ1) is 11.0. The third-order valence-corrected chi connectivity index (χ3v) is 3.65. The van der Waals surface area contributed by atoms with Crippen molar-refractivity contribution in [2.75, 3.05) is 11.9 Å². The number of amides is 1. The minimum absolute atomic E-state index is 0.0639. The first kappa shape index (κ1) is 17.1. The van der Waals surface area contributed by atoms with Crippen molar-refractivity contribution in [1.29, 1.82) is 0 Å². The number of anilines is 1. The molecule has 6 heteroatoms. The van der Waals surface area contributed by atoms with Crippen LogP contribution in [0.25, 0.3) is 0 Å². The number of nitrogens with zero attached hydrogens (tertiary/aromatic N) is 1. The van der Waals surface area contributed by atoms with Gasteiger partial charge in [0.2, 0.25) is 5.91 Å². The Morgan fingerprint density at radius 1 is 1.43 bits per heavy atom. The van der Waals surface area contributed by atoms with Crippen molar-refractivity contribution >= 4 is 11.6 Å². The third kappa shape index (κ3) is 5.83. The van der Waals surface area contributed by atoms with Crippen molar-refractivity contribution in [3.63, 3.8) is 0 Å². The van der Waals surface area contributed by atoms with Gasteiger partial charge in [0, 0.05) is 23.8 Å². The van der Waals surface area contributed by atoms with Crippen molar-refractivity contribution < 1.29 is 9.18 Å². The number of H-pyrrole nitrogens is 1. The van der Waals surface area contributed by atoms with Gasteiger partial charge in [-0.2, -0.15) is 5.10 Å². The summed E-state index contributed by atoms with van der Waals surface area (Å²) in [4.78, 5) is 11.9. The molecular weight excluding hydrogens is 295 g/mol. The summed E-state index contributed by atoms with van der Waals surface area (Å²) in [5, 5.41) is 12.9.